The Morgan fingerprint density at radius 2 is 2.10 bits per heavy atom. The molecule has 29 heavy (non-hydrogen) atoms. The number of carbonyl (C=O) groups excluding carboxylic acids is 1. The number of carbonyl (C=O) groups is 1. The van der Waals surface area contributed by atoms with Gasteiger partial charge in [-0.15, -0.1) is 0 Å². The van der Waals surface area contributed by atoms with Crippen LogP contribution in [0.2, 0.25) is 0 Å². The Morgan fingerprint density at radius 1 is 1.24 bits per heavy atom. The molecule has 1 aliphatic rings. The number of aromatic nitrogens is 6. The van der Waals surface area contributed by atoms with Crippen LogP contribution in [0, 0.1) is 0 Å². The lowest BCUT2D eigenvalue weighted by atomic mass is 9.72. The van der Waals surface area contributed by atoms with E-state index in [9.17, 15) is 4.79 Å². The summed E-state index contributed by atoms with van der Waals surface area (Å²) in [6, 6.07) is 6.43. The van der Waals surface area contributed by atoms with Gasteiger partial charge in [-0.05, 0) is 22.1 Å². The largest absolute Gasteiger partial charge is 0.299 e. The first-order valence-electron chi connectivity index (χ1n) is 9.72. The molecule has 0 saturated carbocycles. The van der Waals surface area contributed by atoms with Gasteiger partial charge in [0.25, 0.3) is 0 Å². The molecular weight excluding hydrogens is 364 g/mol. The third kappa shape index (κ3) is 3.12. The van der Waals surface area contributed by atoms with Crippen molar-refractivity contribution in [2.75, 3.05) is 0 Å². The standard InChI is InChI=1S/C22H22N6O/c1-22(2)11-17(29)10-15-8-14(4-5-18(15)22)9-19-25-21-20(16-12-24-27(3)13-16)23-6-7-28(21)26-19/h4-8,12-13H,9-11H2,1-3H3. The first-order valence-corrected chi connectivity index (χ1v) is 9.72. The minimum atomic E-state index is -0.102. The summed E-state index contributed by atoms with van der Waals surface area (Å²) >= 11 is 0. The van der Waals surface area contributed by atoms with Crippen molar-refractivity contribution in [3.8, 4) is 11.3 Å². The zero-order valence-corrected chi connectivity index (χ0v) is 16.8. The molecular formula is C22H22N6O. The van der Waals surface area contributed by atoms with E-state index in [0.717, 1.165) is 28.2 Å². The van der Waals surface area contributed by atoms with Crippen LogP contribution in [0.1, 0.15) is 42.8 Å². The van der Waals surface area contributed by atoms with Gasteiger partial charge in [0.2, 0.25) is 0 Å². The summed E-state index contributed by atoms with van der Waals surface area (Å²) in [7, 11) is 1.88. The maximum atomic E-state index is 12.2. The molecule has 0 N–H and O–H groups in total. The minimum Gasteiger partial charge on any atom is -0.299 e. The number of ketones is 1. The van der Waals surface area contributed by atoms with Crippen molar-refractivity contribution >= 4 is 11.4 Å². The number of nitrogens with zero attached hydrogens (tertiary/aromatic N) is 6. The molecule has 7 nitrogen and oxygen atoms in total. The van der Waals surface area contributed by atoms with Crippen LogP contribution in [0.4, 0.5) is 0 Å². The lowest BCUT2D eigenvalue weighted by molar-refractivity contribution is -0.120. The number of hydrogen-bond donors (Lipinski definition) is 0. The molecule has 3 heterocycles. The second-order valence-corrected chi connectivity index (χ2v) is 8.42. The van der Waals surface area contributed by atoms with E-state index in [4.69, 9.17) is 4.98 Å². The summed E-state index contributed by atoms with van der Waals surface area (Å²) in [5.74, 6) is 1.03. The highest BCUT2D eigenvalue weighted by molar-refractivity contribution is 5.85. The van der Waals surface area contributed by atoms with Crippen LogP contribution in [-0.4, -0.2) is 35.1 Å². The van der Waals surface area contributed by atoms with E-state index in [1.54, 1.807) is 27.8 Å². The summed E-state index contributed by atoms with van der Waals surface area (Å²) in [5, 5.41) is 8.85. The molecule has 0 amide bonds. The maximum Gasteiger partial charge on any atom is 0.182 e. The number of aryl methyl sites for hydroxylation is 1. The molecule has 0 atom stereocenters. The number of rotatable bonds is 3. The predicted molar refractivity (Wildman–Crippen MR) is 109 cm³/mol. The summed E-state index contributed by atoms with van der Waals surface area (Å²) < 4.78 is 3.50. The van der Waals surface area contributed by atoms with Gasteiger partial charge in [-0.1, -0.05) is 32.0 Å². The fourth-order valence-electron chi connectivity index (χ4n) is 4.29. The van der Waals surface area contributed by atoms with Gasteiger partial charge in [0, 0.05) is 50.5 Å². The number of benzene rings is 1. The Labute approximate surface area is 168 Å². The van der Waals surface area contributed by atoms with Crippen molar-refractivity contribution in [1.82, 2.24) is 29.4 Å². The maximum absolute atomic E-state index is 12.2. The van der Waals surface area contributed by atoms with Gasteiger partial charge in [0.05, 0.1) is 6.20 Å². The molecule has 0 bridgehead atoms. The fourth-order valence-corrected chi connectivity index (χ4v) is 4.29. The van der Waals surface area contributed by atoms with Crippen LogP contribution < -0.4 is 0 Å². The molecule has 1 aromatic carbocycles. The van der Waals surface area contributed by atoms with Crippen molar-refractivity contribution in [3.63, 3.8) is 0 Å². The lowest BCUT2D eigenvalue weighted by Crippen LogP contribution is -2.29. The Balaban J connectivity index is 1.50. The van der Waals surface area contributed by atoms with E-state index >= 15 is 0 Å². The zero-order valence-electron chi connectivity index (χ0n) is 16.8. The van der Waals surface area contributed by atoms with Crippen molar-refractivity contribution in [2.24, 2.45) is 7.05 Å². The van der Waals surface area contributed by atoms with Crippen molar-refractivity contribution in [2.45, 2.75) is 38.5 Å². The van der Waals surface area contributed by atoms with Gasteiger partial charge in [-0.3, -0.25) is 14.5 Å². The average Bonchev–Trinajstić information content (AvgIpc) is 3.25. The molecule has 0 saturated heterocycles. The molecule has 5 rings (SSSR count). The van der Waals surface area contributed by atoms with E-state index in [2.05, 4.69) is 47.2 Å². The van der Waals surface area contributed by atoms with Crippen LogP contribution in [0.15, 0.2) is 43.0 Å². The molecule has 0 radical (unpaired) electrons. The van der Waals surface area contributed by atoms with Crippen LogP contribution >= 0.6 is 0 Å². The molecule has 0 fully saturated rings. The van der Waals surface area contributed by atoms with E-state index in [0.29, 0.717) is 30.7 Å². The van der Waals surface area contributed by atoms with Gasteiger partial charge in [-0.2, -0.15) is 10.2 Å². The number of hydrogen-bond acceptors (Lipinski definition) is 5. The number of fused-ring (bicyclic) bond motifs is 2. The van der Waals surface area contributed by atoms with Gasteiger partial charge in [-0.25, -0.2) is 9.50 Å². The monoisotopic (exact) mass is 386 g/mol. The highest BCUT2D eigenvalue weighted by Crippen LogP contribution is 2.35. The van der Waals surface area contributed by atoms with Crippen molar-refractivity contribution in [3.05, 3.63) is 65.5 Å². The first kappa shape index (κ1) is 17.7. The normalized spacial score (nSPS) is 15.6. The minimum absolute atomic E-state index is 0.102. The second-order valence-electron chi connectivity index (χ2n) is 8.42. The predicted octanol–water partition coefficient (Wildman–Crippen LogP) is 2.91. The quantitative estimate of drug-likeness (QED) is 0.541. The molecule has 1 aliphatic carbocycles. The average molecular weight is 386 g/mol. The SMILES string of the molecule is Cn1cc(-c2nccn3nc(Cc4ccc5c(c4)CC(=O)CC5(C)C)nc23)cn1. The van der Waals surface area contributed by atoms with Gasteiger partial charge < -0.3 is 0 Å². The van der Waals surface area contributed by atoms with Crippen molar-refractivity contribution < 1.29 is 4.79 Å². The molecule has 3 aromatic heterocycles. The zero-order chi connectivity index (χ0) is 20.2. The van der Waals surface area contributed by atoms with E-state index in [1.807, 2.05) is 13.2 Å². The number of Topliss-reactive ketones (excluding diaryl/α,β-unsaturated/α-hetero) is 1. The molecule has 0 aliphatic heterocycles. The molecule has 7 heteroatoms. The highest BCUT2D eigenvalue weighted by atomic mass is 16.1. The molecule has 0 spiro atoms. The van der Waals surface area contributed by atoms with Crippen LogP contribution in [-0.2, 0) is 30.1 Å². The lowest BCUT2D eigenvalue weighted by Gasteiger charge is -2.31. The van der Waals surface area contributed by atoms with Crippen LogP contribution in [0.25, 0.3) is 16.9 Å². The molecule has 0 unspecified atom stereocenters. The Morgan fingerprint density at radius 3 is 2.90 bits per heavy atom. The van der Waals surface area contributed by atoms with Gasteiger partial charge >= 0.3 is 0 Å². The van der Waals surface area contributed by atoms with E-state index in [-0.39, 0.29) is 5.41 Å². The summed E-state index contributed by atoms with van der Waals surface area (Å²) in [6.45, 7) is 4.28. The third-order valence-corrected chi connectivity index (χ3v) is 5.56. The fraction of sp³-hybridized carbons (Fsp3) is 0.318. The molecule has 4 aromatic rings. The smallest absolute Gasteiger partial charge is 0.182 e. The van der Waals surface area contributed by atoms with Gasteiger partial charge in [0.15, 0.2) is 11.5 Å². The Bertz CT molecular complexity index is 1250. The van der Waals surface area contributed by atoms with E-state index < -0.39 is 0 Å². The summed E-state index contributed by atoms with van der Waals surface area (Å²) in [6.07, 6.45) is 8.95. The Hall–Kier alpha value is -3.35. The third-order valence-electron chi connectivity index (χ3n) is 5.56. The first-order chi connectivity index (χ1) is 13.9. The summed E-state index contributed by atoms with van der Waals surface area (Å²) in [5.41, 5.74) is 5.79. The topological polar surface area (TPSA) is 78.0 Å². The van der Waals surface area contributed by atoms with Crippen LogP contribution in [0.5, 0.6) is 0 Å². The highest BCUT2D eigenvalue weighted by Gasteiger charge is 2.31. The van der Waals surface area contributed by atoms with Gasteiger partial charge in [0.1, 0.15) is 11.5 Å². The van der Waals surface area contributed by atoms with Crippen molar-refractivity contribution in [1.29, 1.82) is 0 Å². The Kier molecular flexibility index (Phi) is 3.87. The van der Waals surface area contributed by atoms with Crippen LogP contribution in [0.3, 0.4) is 0 Å². The second kappa shape index (κ2) is 6.34. The summed E-state index contributed by atoms with van der Waals surface area (Å²) in [4.78, 5) is 21.4. The molecule has 146 valence electrons. The van der Waals surface area contributed by atoms with E-state index in [1.165, 1.54) is 5.56 Å².